The fraction of sp³-hybridized carbons (Fsp3) is 0.533. The molecule has 1 heterocycles. The molecule has 1 saturated heterocycles. The van der Waals surface area contributed by atoms with Crippen molar-refractivity contribution in [1.82, 2.24) is 4.90 Å². The summed E-state index contributed by atoms with van der Waals surface area (Å²) in [5, 5.41) is 0. The quantitative estimate of drug-likeness (QED) is 0.847. The van der Waals surface area contributed by atoms with Gasteiger partial charge in [-0.15, -0.1) is 0 Å². The molecule has 4 heteroatoms. The molecule has 0 aromatic heterocycles. The third-order valence-corrected chi connectivity index (χ3v) is 3.86. The minimum absolute atomic E-state index is 0.234. The number of hydrogen-bond donors (Lipinski definition) is 1. The van der Waals surface area contributed by atoms with Crippen molar-refractivity contribution in [2.45, 2.75) is 26.8 Å². The Bertz CT molecular complexity index is 471. The summed E-state index contributed by atoms with van der Waals surface area (Å²) >= 11 is 0. The number of hydrogen-bond acceptors (Lipinski definition) is 3. The van der Waals surface area contributed by atoms with Gasteiger partial charge in [-0.3, -0.25) is 4.79 Å². The number of anilines is 1. The van der Waals surface area contributed by atoms with Gasteiger partial charge in [-0.25, -0.2) is 0 Å². The smallest absolute Gasteiger partial charge is 0.223 e. The maximum atomic E-state index is 12.0. The lowest BCUT2D eigenvalue weighted by Gasteiger charge is -2.19. The van der Waals surface area contributed by atoms with Gasteiger partial charge in [0.05, 0.1) is 7.11 Å². The second-order valence-electron chi connectivity index (χ2n) is 5.55. The average molecular weight is 262 g/mol. The van der Waals surface area contributed by atoms with Gasteiger partial charge in [-0.2, -0.15) is 0 Å². The first-order valence-corrected chi connectivity index (χ1v) is 6.71. The lowest BCUT2D eigenvalue weighted by molar-refractivity contribution is -0.128. The molecule has 0 aliphatic carbocycles. The van der Waals surface area contributed by atoms with E-state index in [9.17, 15) is 4.79 Å². The van der Waals surface area contributed by atoms with Crippen LogP contribution in [0.25, 0.3) is 0 Å². The molecule has 0 radical (unpaired) electrons. The number of likely N-dealkylation sites (tertiary alicyclic amines) is 1. The van der Waals surface area contributed by atoms with E-state index in [0.717, 1.165) is 17.9 Å². The van der Waals surface area contributed by atoms with E-state index in [4.69, 9.17) is 10.5 Å². The van der Waals surface area contributed by atoms with Gasteiger partial charge < -0.3 is 15.4 Å². The Hall–Kier alpha value is -1.71. The van der Waals surface area contributed by atoms with Crippen LogP contribution < -0.4 is 10.5 Å². The normalized spacial score (nSPS) is 19.3. The first kappa shape index (κ1) is 13.7. The number of ether oxygens (including phenoxy) is 1. The van der Waals surface area contributed by atoms with Gasteiger partial charge >= 0.3 is 0 Å². The SMILES string of the molecule is COc1cc(N)ccc1CN1CC(C(C)C)CC1=O. The summed E-state index contributed by atoms with van der Waals surface area (Å²) in [5.41, 5.74) is 7.42. The molecule has 1 unspecified atom stereocenters. The van der Waals surface area contributed by atoms with Gasteiger partial charge in [0.15, 0.2) is 0 Å². The summed E-state index contributed by atoms with van der Waals surface area (Å²) in [6.07, 6.45) is 0.662. The number of nitrogen functional groups attached to an aromatic ring is 1. The molecular weight excluding hydrogens is 240 g/mol. The molecule has 1 aromatic carbocycles. The van der Waals surface area contributed by atoms with E-state index in [-0.39, 0.29) is 5.91 Å². The largest absolute Gasteiger partial charge is 0.496 e. The van der Waals surface area contributed by atoms with Gasteiger partial charge in [0.25, 0.3) is 0 Å². The minimum Gasteiger partial charge on any atom is -0.496 e. The number of carbonyl (C=O) groups excluding carboxylic acids is 1. The van der Waals surface area contributed by atoms with E-state index in [1.807, 2.05) is 17.0 Å². The molecule has 0 saturated carbocycles. The van der Waals surface area contributed by atoms with Crippen molar-refractivity contribution in [1.29, 1.82) is 0 Å². The van der Waals surface area contributed by atoms with Crippen LogP contribution >= 0.6 is 0 Å². The second kappa shape index (κ2) is 5.51. The Morgan fingerprint density at radius 1 is 1.47 bits per heavy atom. The molecule has 0 spiro atoms. The first-order valence-electron chi connectivity index (χ1n) is 6.71. The van der Waals surface area contributed by atoms with E-state index in [2.05, 4.69) is 13.8 Å². The monoisotopic (exact) mass is 262 g/mol. The number of methoxy groups -OCH3 is 1. The lowest BCUT2D eigenvalue weighted by Crippen LogP contribution is -2.25. The Labute approximate surface area is 114 Å². The number of nitrogens with two attached hydrogens (primary N) is 1. The van der Waals surface area contributed by atoms with Crippen LogP contribution in [0.1, 0.15) is 25.8 Å². The van der Waals surface area contributed by atoms with Crippen molar-refractivity contribution in [2.75, 3.05) is 19.4 Å². The van der Waals surface area contributed by atoms with Crippen molar-refractivity contribution in [3.63, 3.8) is 0 Å². The number of benzene rings is 1. The maximum absolute atomic E-state index is 12.0. The predicted molar refractivity (Wildman–Crippen MR) is 75.8 cm³/mol. The zero-order valence-electron chi connectivity index (χ0n) is 11.8. The Kier molecular flexibility index (Phi) is 3.98. The average Bonchev–Trinajstić information content (AvgIpc) is 2.73. The summed E-state index contributed by atoms with van der Waals surface area (Å²) in [5.74, 6) is 1.99. The third-order valence-electron chi connectivity index (χ3n) is 3.86. The van der Waals surface area contributed by atoms with Crippen molar-refractivity contribution in [3.8, 4) is 5.75 Å². The highest BCUT2D eigenvalue weighted by molar-refractivity contribution is 5.78. The molecule has 1 aromatic rings. The summed E-state index contributed by atoms with van der Waals surface area (Å²) < 4.78 is 5.33. The molecular formula is C15H22N2O2. The van der Waals surface area contributed by atoms with Crippen LogP contribution in [-0.2, 0) is 11.3 Å². The molecule has 2 N–H and O–H groups in total. The molecule has 4 nitrogen and oxygen atoms in total. The molecule has 1 aliphatic rings. The van der Waals surface area contributed by atoms with Crippen LogP contribution in [-0.4, -0.2) is 24.5 Å². The van der Waals surface area contributed by atoms with Crippen LogP contribution in [0, 0.1) is 11.8 Å². The van der Waals surface area contributed by atoms with Crippen LogP contribution in [0.5, 0.6) is 5.75 Å². The zero-order valence-corrected chi connectivity index (χ0v) is 11.8. The molecule has 1 atom stereocenters. The topological polar surface area (TPSA) is 55.6 Å². The summed E-state index contributed by atoms with van der Waals surface area (Å²) in [7, 11) is 1.63. The molecule has 19 heavy (non-hydrogen) atoms. The second-order valence-corrected chi connectivity index (χ2v) is 5.55. The highest BCUT2D eigenvalue weighted by Crippen LogP contribution is 2.29. The number of carbonyl (C=O) groups is 1. The Balaban J connectivity index is 2.11. The fourth-order valence-electron chi connectivity index (χ4n) is 2.50. The third kappa shape index (κ3) is 3.00. The zero-order chi connectivity index (χ0) is 14.0. The molecule has 1 fully saturated rings. The summed E-state index contributed by atoms with van der Waals surface area (Å²) in [4.78, 5) is 13.9. The Morgan fingerprint density at radius 3 is 2.79 bits per heavy atom. The van der Waals surface area contributed by atoms with E-state index >= 15 is 0 Å². The van der Waals surface area contributed by atoms with Gasteiger partial charge in [0, 0.05) is 36.8 Å². The van der Waals surface area contributed by atoms with Crippen molar-refractivity contribution < 1.29 is 9.53 Å². The summed E-state index contributed by atoms with van der Waals surface area (Å²) in [6.45, 7) is 5.78. The highest BCUT2D eigenvalue weighted by atomic mass is 16.5. The first-order chi connectivity index (χ1) is 9.01. The van der Waals surface area contributed by atoms with Crippen molar-refractivity contribution in [3.05, 3.63) is 23.8 Å². The molecule has 2 rings (SSSR count). The van der Waals surface area contributed by atoms with E-state index in [1.165, 1.54) is 0 Å². The number of amides is 1. The highest BCUT2D eigenvalue weighted by Gasteiger charge is 2.31. The minimum atomic E-state index is 0.234. The van der Waals surface area contributed by atoms with Crippen LogP contribution in [0.3, 0.4) is 0 Å². The van der Waals surface area contributed by atoms with Crippen LogP contribution in [0.2, 0.25) is 0 Å². The van der Waals surface area contributed by atoms with Crippen LogP contribution in [0.15, 0.2) is 18.2 Å². The molecule has 0 bridgehead atoms. The van der Waals surface area contributed by atoms with Gasteiger partial charge in [0.2, 0.25) is 5.91 Å². The fourth-order valence-corrected chi connectivity index (χ4v) is 2.50. The summed E-state index contributed by atoms with van der Waals surface area (Å²) in [6, 6.07) is 5.58. The van der Waals surface area contributed by atoms with Gasteiger partial charge in [-0.05, 0) is 17.9 Å². The Morgan fingerprint density at radius 2 is 2.21 bits per heavy atom. The van der Waals surface area contributed by atoms with E-state index < -0.39 is 0 Å². The molecule has 104 valence electrons. The lowest BCUT2D eigenvalue weighted by atomic mass is 9.95. The van der Waals surface area contributed by atoms with Crippen molar-refractivity contribution >= 4 is 11.6 Å². The predicted octanol–water partition coefficient (Wildman–Crippen LogP) is 2.28. The van der Waals surface area contributed by atoms with Crippen molar-refractivity contribution in [2.24, 2.45) is 11.8 Å². The number of nitrogens with zero attached hydrogens (tertiary/aromatic N) is 1. The number of rotatable bonds is 4. The van der Waals surface area contributed by atoms with Gasteiger partial charge in [0.1, 0.15) is 5.75 Å². The molecule has 1 amide bonds. The van der Waals surface area contributed by atoms with E-state index in [0.29, 0.717) is 30.5 Å². The van der Waals surface area contributed by atoms with Crippen LogP contribution in [0.4, 0.5) is 5.69 Å². The maximum Gasteiger partial charge on any atom is 0.223 e. The van der Waals surface area contributed by atoms with E-state index in [1.54, 1.807) is 13.2 Å². The van der Waals surface area contributed by atoms with Gasteiger partial charge in [-0.1, -0.05) is 19.9 Å². The standard InChI is InChI=1S/C15H22N2O2/c1-10(2)12-6-15(18)17(9-12)8-11-4-5-13(16)7-14(11)19-3/h4-5,7,10,12H,6,8-9,16H2,1-3H3. The molecule has 1 aliphatic heterocycles.